The van der Waals surface area contributed by atoms with Gasteiger partial charge in [0.1, 0.15) is 0 Å². The number of rotatable bonds is 1. The van der Waals surface area contributed by atoms with E-state index in [0.717, 1.165) is 6.42 Å². The second kappa shape index (κ2) is 3.43. The maximum absolute atomic E-state index is 10.4. The van der Waals surface area contributed by atoms with Crippen LogP contribution in [0.3, 0.4) is 0 Å². The normalized spacial score (nSPS) is 19.9. The molecule has 1 atom stereocenters. The molecule has 54 valence electrons. The Hall–Kier alpha value is -0.740. The third-order valence-corrected chi connectivity index (χ3v) is 1.61. The lowest BCUT2D eigenvalue weighted by molar-refractivity contribution is 0.570. The van der Waals surface area contributed by atoms with E-state index in [0.29, 0.717) is 0 Å². The van der Waals surface area contributed by atoms with Gasteiger partial charge in [0.25, 0.3) is 0 Å². The second-order valence-electron chi connectivity index (χ2n) is 1.73. The van der Waals surface area contributed by atoms with E-state index in [1.165, 1.54) is 6.08 Å². The van der Waals surface area contributed by atoms with Crippen molar-refractivity contribution in [2.45, 2.75) is 6.42 Å². The Kier molecular flexibility index (Phi) is 2.53. The number of nitrogens with zero attached hydrogens (tertiary/aromatic N) is 1. The van der Waals surface area contributed by atoms with Crippen molar-refractivity contribution in [3.05, 3.63) is 23.3 Å². The molecule has 0 saturated heterocycles. The van der Waals surface area contributed by atoms with Gasteiger partial charge in [0.15, 0.2) is 5.03 Å². The van der Waals surface area contributed by atoms with E-state index >= 15 is 0 Å². The Balaban J connectivity index is 2.83. The van der Waals surface area contributed by atoms with E-state index in [-0.39, 0.29) is 5.03 Å². The van der Waals surface area contributed by atoms with Crippen LogP contribution in [0, 0.1) is 0 Å². The molecule has 3 nitrogen and oxygen atoms in total. The minimum absolute atomic E-state index is 0.203. The zero-order valence-electron chi connectivity index (χ0n) is 5.23. The van der Waals surface area contributed by atoms with Crippen LogP contribution in [0.5, 0.6) is 0 Å². The molecule has 1 N–H and O–H groups in total. The van der Waals surface area contributed by atoms with Crippen LogP contribution < -0.4 is 0 Å². The van der Waals surface area contributed by atoms with Crippen LogP contribution in [0.2, 0.25) is 0 Å². The summed E-state index contributed by atoms with van der Waals surface area (Å²) in [5.74, 6) is 0. The third kappa shape index (κ3) is 1.89. The van der Waals surface area contributed by atoms with Gasteiger partial charge < -0.3 is 4.55 Å². The average Bonchev–Trinajstić information content (AvgIpc) is 2.12. The third-order valence-electron chi connectivity index (χ3n) is 1.01. The summed E-state index contributed by atoms with van der Waals surface area (Å²) in [4.78, 5) is 3.75. The molecular formula is C6H7NO2S. The van der Waals surface area contributed by atoms with Gasteiger partial charge >= 0.3 is 0 Å². The van der Waals surface area contributed by atoms with Gasteiger partial charge in [0, 0.05) is 12.6 Å². The zero-order chi connectivity index (χ0) is 7.40. The lowest BCUT2D eigenvalue weighted by atomic mass is 10.4. The molecule has 0 aliphatic carbocycles. The second-order valence-corrected chi connectivity index (χ2v) is 2.65. The minimum atomic E-state index is -1.95. The molecule has 0 radical (unpaired) electrons. The van der Waals surface area contributed by atoms with Crippen molar-refractivity contribution in [3.8, 4) is 0 Å². The molecule has 1 aliphatic rings. The first-order valence-electron chi connectivity index (χ1n) is 2.81. The SMILES string of the molecule is O=S(O)C1=CC=CCC=N1. The van der Waals surface area contributed by atoms with Crippen LogP contribution in [0.15, 0.2) is 28.2 Å². The highest BCUT2D eigenvalue weighted by atomic mass is 32.2. The molecule has 4 heteroatoms. The summed E-state index contributed by atoms with van der Waals surface area (Å²) in [6, 6.07) is 0. The van der Waals surface area contributed by atoms with Crippen molar-refractivity contribution in [1.29, 1.82) is 0 Å². The van der Waals surface area contributed by atoms with Crippen molar-refractivity contribution in [1.82, 2.24) is 0 Å². The van der Waals surface area contributed by atoms with Crippen LogP contribution in [-0.4, -0.2) is 15.0 Å². The lowest BCUT2D eigenvalue weighted by Gasteiger charge is -1.88. The highest BCUT2D eigenvalue weighted by molar-refractivity contribution is 7.83. The number of aliphatic imine (C=N–C) groups is 1. The number of hydrogen-bond acceptors (Lipinski definition) is 2. The van der Waals surface area contributed by atoms with Gasteiger partial charge in [-0.15, -0.1) is 0 Å². The summed E-state index contributed by atoms with van der Waals surface area (Å²) < 4.78 is 19.0. The minimum Gasteiger partial charge on any atom is -0.301 e. The number of allylic oxidation sites excluding steroid dienone is 3. The lowest BCUT2D eigenvalue weighted by Crippen LogP contribution is -1.88. The van der Waals surface area contributed by atoms with Gasteiger partial charge in [0.05, 0.1) is 0 Å². The fraction of sp³-hybridized carbons (Fsp3) is 0.167. The summed E-state index contributed by atoms with van der Waals surface area (Å²) in [6.45, 7) is 0. The van der Waals surface area contributed by atoms with E-state index < -0.39 is 11.1 Å². The van der Waals surface area contributed by atoms with Crippen LogP contribution in [0.1, 0.15) is 6.42 Å². The predicted molar refractivity (Wildman–Crippen MR) is 41.1 cm³/mol. The van der Waals surface area contributed by atoms with Gasteiger partial charge in [-0.2, -0.15) is 0 Å². The molecule has 0 aromatic rings. The first-order chi connectivity index (χ1) is 4.80. The van der Waals surface area contributed by atoms with Crippen LogP contribution >= 0.6 is 0 Å². The molecule has 1 aliphatic heterocycles. The first kappa shape index (κ1) is 7.37. The predicted octanol–water partition coefficient (Wildman–Crippen LogP) is 1.08. The van der Waals surface area contributed by atoms with E-state index in [4.69, 9.17) is 4.55 Å². The molecule has 1 unspecified atom stereocenters. The van der Waals surface area contributed by atoms with Crippen molar-refractivity contribution in [2.75, 3.05) is 0 Å². The fourth-order valence-corrected chi connectivity index (χ4v) is 0.938. The standard InChI is InChI=1S/C6H7NO2S/c8-10(9)6-4-2-1-3-5-7-6/h1-2,4-5H,3H2,(H,8,9). The molecule has 1 heterocycles. The summed E-state index contributed by atoms with van der Waals surface area (Å²) >= 11 is -1.95. The Labute approximate surface area is 61.5 Å². The summed E-state index contributed by atoms with van der Waals surface area (Å²) in [7, 11) is 0. The van der Waals surface area contributed by atoms with Crippen molar-refractivity contribution < 1.29 is 8.76 Å². The van der Waals surface area contributed by atoms with Crippen molar-refractivity contribution in [3.63, 3.8) is 0 Å². The van der Waals surface area contributed by atoms with E-state index in [9.17, 15) is 4.21 Å². The molecule has 0 aromatic heterocycles. The highest BCUT2D eigenvalue weighted by Gasteiger charge is 1.99. The van der Waals surface area contributed by atoms with Gasteiger partial charge in [-0.05, 0) is 6.08 Å². The van der Waals surface area contributed by atoms with Crippen LogP contribution in [-0.2, 0) is 11.1 Å². The fourth-order valence-electron chi connectivity index (χ4n) is 0.579. The van der Waals surface area contributed by atoms with Crippen LogP contribution in [0.25, 0.3) is 0 Å². The quantitative estimate of drug-likeness (QED) is 0.579. The van der Waals surface area contributed by atoms with E-state index in [2.05, 4.69) is 4.99 Å². The molecule has 0 fully saturated rings. The molecule has 0 aromatic carbocycles. The Morgan fingerprint density at radius 2 is 2.50 bits per heavy atom. The maximum Gasteiger partial charge on any atom is 0.205 e. The number of hydrogen-bond donors (Lipinski definition) is 1. The molecule has 10 heavy (non-hydrogen) atoms. The Morgan fingerprint density at radius 1 is 1.70 bits per heavy atom. The summed E-state index contributed by atoms with van der Waals surface area (Å²) in [5.41, 5.74) is 0. The molecule has 1 rings (SSSR count). The first-order valence-corrected chi connectivity index (χ1v) is 3.91. The van der Waals surface area contributed by atoms with Crippen molar-refractivity contribution in [2.24, 2.45) is 4.99 Å². The van der Waals surface area contributed by atoms with Crippen LogP contribution in [0.4, 0.5) is 0 Å². The average molecular weight is 157 g/mol. The topological polar surface area (TPSA) is 49.7 Å². The largest absolute Gasteiger partial charge is 0.301 e. The zero-order valence-corrected chi connectivity index (χ0v) is 6.04. The van der Waals surface area contributed by atoms with Gasteiger partial charge in [-0.1, -0.05) is 12.2 Å². The summed E-state index contributed by atoms with van der Waals surface area (Å²) in [5, 5.41) is 0.203. The molecule has 0 amide bonds. The van der Waals surface area contributed by atoms with Crippen molar-refractivity contribution >= 4 is 17.3 Å². The molecule has 0 saturated carbocycles. The maximum atomic E-state index is 10.4. The Bertz CT molecular complexity index is 230. The molecular weight excluding hydrogens is 150 g/mol. The highest BCUT2D eigenvalue weighted by Crippen LogP contribution is 2.03. The van der Waals surface area contributed by atoms with E-state index in [1.54, 1.807) is 12.3 Å². The molecule has 0 spiro atoms. The van der Waals surface area contributed by atoms with Gasteiger partial charge in [-0.25, -0.2) is 9.20 Å². The monoisotopic (exact) mass is 157 g/mol. The van der Waals surface area contributed by atoms with E-state index in [1.807, 2.05) is 6.08 Å². The summed E-state index contributed by atoms with van der Waals surface area (Å²) in [6.07, 6.45) is 7.43. The van der Waals surface area contributed by atoms with Gasteiger partial charge in [-0.3, -0.25) is 0 Å². The van der Waals surface area contributed by atoms with Gasteiger partial charge in [0.2, 0.25) is 11.1 Å². The smallest absolute Gasteiger partial charge is 0.205 e. The Morgan fingerprint density at radius 3 is 3.20 bits per heavy atom. The molecule has 0 bridgehead atoms.